The van der Waals surface area contributed by atoms with Crippen LogP contribution in [-0.4, -0.2) is 12.4 Å². The van der Waals surface area contributed by atoms with Gasteiger partial charge in [-0.15, -0.1) is 0 Å². The van der Waals surface area contributed by atoms with Crippen molar-refractivity contribution >= 4 is 18.1 Å². The van der Waals surface area contributed by atoms with Crippen LogP contribution in [0.25, 0.3) is 0 Å². The quantitative estimate of drug-likeness (QED) is 0.578. The molecule has 0 saturated heterocycles. The number of benzene rings is 1. The first kappa shape index (κ1) is 11.4. The van der Waals surface area contributed by atoms with Crippen molar-refractivity contribution in [2.75, 3.05) is 5.43 Å². The van der Waals surface area contributed by atoms with Gasteiger partial charge in [0, 0.05) is 11.8 Å². The van der Waals surface area contributed by atoms with Crippen molar-refractivity contribution in [1.82, 2.24) is 0 Å². The van der Waals surface area contributed by atoms with Crippen molar-refractivity contribution in [3.63, 3.8) is 0 Å². The summed E-state index contributed by atoms with van der Waals surface area (Å²) in [6, 6.07) is 3.53. The van der Waals surface area contributed by atoms with Crippen LogP contribution in [0.4, 0.5) is 10.1 Å². The highest BCUT2D eigenvalue weighted by Crippen LogP contribution is 2.21. The molecule has 1 aromatic carbocycles. The molecule has 0 amide bonds. The van der Waals surface area contributed by atoms with E-state index in [4.69, 9.17) is 5.41 Å². The number of hydrogen-bond acceptors (Lipinski definition) is 3. The van der Waals surface area contributed by atoms with E-state index in [1.807, 2.05) is 6.92 Å². The Kier molecular flexibility index (Phi) is 3.97. The zero-order chi connectivity index (χ0) is 11.3. The Hall–Kier alpha value is -1.71. The lowest BCUT2D eigenvalue weighted by molar-refractivity contribution is 0.603. The van der Waals surface area contributed by atoms with E-state index in [1.54, 1.807) is 19.1 Å². The smallest absolute Gasteiger partial charge is 0.131 e. The Bertz CT molecular complexity index is 386. The highest BCUT2D eigenvalue weighted by atomic mass is 19.1. The molecule has 0 saturated carbocycles. The molecule has 3 nitrogen and oxygen atoms in total. The molecule has 4 heteroatoms. The Morgan fingerprint density at radius 2 is 2.27 bits per heavy atom. The molecule has 1 aromatic rings. The van der Waals surface area contributed by atoms with Crippen LogP contribution < -0.4 is 5.43 Å². The summed E-state index contributed by atoms with van der Waals surface area (Å²) in [4.78, 5) is 0. The van der Waals surface area contributed by atoms with Gasteiger partial charge in [0.15, 0.2) is 0 Å². The number of hydrazone groups is 1. The Balaban J connectivity index is 2.96. The van der Waals surface area contributed by atoms with Gasteiger partial charge in [-0.3, -0.25) is 5.43 Å². The molecular weight excluding hydrogens is 193 g/mol. The van der Waals surface area contributed by atoms with Crippen LogP contribution >= 0.6 is 0 Å². The summed E-state index contributed by atoms with van der Waals surface area (Å²) in [5.74, 6) is -0.187. The van der Waals surface area contributed by atoms with Crippen LogP contribution in [0.3, 0.4) is 0 Å². The van der Waals surface area contributed by atoms with Crippen molar-refractivity contribution in [2.24, 2.45) is 5.10 Å². The molecule has 0 fully saturated rings. The maximum absolute atomic E-state index is 13.6. The van der Waals surface area contributed by atoms with Crippen molar-refractivity contribution in [1.29, 1.82) is 5.41 Å². The predicted molar refractivity (Wildman–Crippen MR) is 61.4 cm³/mol. The summed E-state index contributed by atoms with van der Waals surface area (Å²) in [5.41, 5.74) is 4.57. The average Bonchev–Trinajstić information content (AvgIpc) is 2.25. The van der Waals surface area contributed by atoms with Gasteiger partial charge in [-0.2, -0.15) is 5.10 Å². The molecule has 0 aromatic heterocycles. The monoisotopic (exact) mass is 207 g/mol. The van der Waals surface area contributed by atoms with Gasteiger partial charge in [0.05, 0.1) is 11.9 Å². The molecule has 0 unspecified atom stereocenters. The van der Waals surface area contributed by atoms with Gasteiger partial charge in [0.25, 0.3) is 0 Å². The van der Waals surface area contributed by atoms with E-state index in [2.05, 4.69) is 10.5 Å². The van der Waals surface area contributed by atoms with Crippen molar-refractivity contribution in [2.45, 2.75) is 20.3 Å². The van der Waals surface area contributed by atoms with E-state index < -0.39 is 0 Å². The fourth-order valence-electron chi connectivity index (χ4n) is 1.28. The Labute approximate surface area is 88.5 Å². The predicted octanol–water partition coefficient (Wildman–Crippen LogP) is 2.74. The third-order valence-corrected chi connectivity index (χ3v) is 2.18. The molecular formula is C11H14FN3. The summed E-state index contributed by atoms with van der Waals surface area (Å²) in [7, 11) is 0. The van der Waals surface area contributed by atoms with Gasteiger partial charge in [-0.25, -0.2) is 4.39 Å². The minimum atomic E-state index is -0.187. The highest BCUT2D eigenvalue weighted by molar-refractivity contribution is 6.14. The van der Waals surface area contributed by atoms with Gasteiger partial charge in [-0.05, 0) is 25.0 Å². The van der Waals surface area contributed by atoms with Gasteiger partial charge >= 0.3 is 0 Å². The number of nitrogens with one attached hydrogen (secondary N) is 2. The second-order valence-corrected chi connectivity index (χ2v) is 3.12. The van der Waals surface area contributed by atoms with E-state index >= 15 is 0 Å². The summed E-state index contributed by atoms with van der Waals surface area (Å²) in [6.07, 6.45) is 3.03. The van der Waals surface area contributed by atoms with E-state index in [9.17, 15) is 4.39 Å². The molecule has 2 N–H and O–H groups in total. The van der Waals surface area contributed by atoms with Crippen LogP contribution in [0, 0.1) is 18.2 Å². The Morgan fingerprint density at radius 3 is 2.87 bits per heavy atom. The minimum Gasteiger partial charge on any atom is -0.307 e. The van der Waals surface area contributed by atoms with E-state index in [0.29, 0.717) is 23.2 Å². The second-order valence-electron chi connectivity index (χ2n) is 3.12. The summed E-state index contributed by atoms with van der Waals surface area (Å²) in [5, 5.41) is 10.5. The summed E-state index contributed by atoms with van der Waals surface area (Å²) >= 11 is 0. The number of anilines is 1. The molecule has 0 bridgehead atoms. The number of hydrogen-bond donors (Lipinski definition) is 2. The van der Waals surface area contributed by atoms with E-state index in [0.717, 1.165) is 6.21 Å². The van der Waals surface area contributed by atoms with Crippen molar-refractivity contribution in [3.05, 3.63) is 29.1 Å². The van der Waals surface area contributed by atoms with Gasteiger partial charge in [0.1, 0.15) is 5.82 Å². The number of rotatable bonds is 4. The number of halogens is 1. The topological polar surface area (TPSA) is 48.2 Å². The first-order valence-corrected chi connectivity index (χ1v) is 4.76. The lowest BCUT2D eigenvalue weighted by Crippen LogP contribution is -1.98. The van der Waals surface area contributed by atoms with Gasteiger partial charge in [0.2, 0.25) is 0 Å². The lowest BCUT2D eigenvalue weighted by atomic mass is 10.1. The molecule has 0 spiro atoms. The molecule has 1 rings (SSSR count). The fraction of sp³-hybridized carbons (Fsp3) is 0.273. The van der Waals surface area contributed by atoms with Crippen LogP contribution in [0.1, 0.15) is 18.1 Å². The zero-order valence-corrected chi connectivity index (χ0v) is 8.84. The Morgan fingerprint density at radius 1 is 1.53 bits per heavy atom. The average molecular weight is 207 g/mol. The van der Waals surface area contributed by atoms with Crippen molar-refractivity contribution < 1.29 is 4.39 Å². The number of aryl methyl sites for hydroxylation is 1. The van der Waals surface area contributed by atoms with Gasteiger partial charge < -0.3 is 5.41 Å². The van der Waals surface area contributed by atoms with Crippen LogP contribution in [0.2, 0.25) is 0 Å². The molecule has 0 aliphatic carbocycles. The molecule has 0 atom stereocenters. The first-order valence-electron chi connectivity index (χ1n) is 4.76. The lowest BCUT2D eigenvalue weighted by Gasteiger charge is -2.08. The molecule has 0 radical (unpaired) electrons. The minimum absolute atomic E-state index is 0.187. The first-order chi connectivity index (χ1) is 7.20. The number of nitrogens with zero attached hydrogens (tertiary/aromatic N) is 1. The molecule has 0 aliphatic heterocycles. The third kappa shape index (κ3) is 2.62. The maximum Gasteiger partial charge on any atom is 0.131 e. The second kappa shape index (κ2) is 5.24. The third-order valence-electron chi connectivity index (χ3n) is 2.18. The van der Waals surface area contributed by atoms with Crippen LogP contribution in [0.15, 0.2) is 17.2 Å². The summed E-state index contributed by atoms with van der Waals surface area (Å²) < 4.78 is 13.6. The van der Waals surface area contributed by atoms with Crippen LogP contribution in [-0.2, 0) is 6.42 Å². The van der Waals surface area contributed by atoms with E-state index in [-0.39, 0.29) is 5.82 Å². The van der Waals surface area contributed by atoms with Gasteiger partial charge in [-0.1, -0.05) is 13.0 Å². The SMILES string of the molecule is CCc1ccc(N/N=C\C=N)c(C)c1F. The van der Waals surface area contributed by atoms with Crippen molar-refractivity contribution in [3.8, 4) is 0 Å². The normalized spacial score (nSPS) is 10.6. The largest absolute Gasteiger partial charge is 0.307 e. The highest BCUT2D eigenvalue weighted by Gasteiger charge is 2.07. The molecule has 15 heavy (non-hydrogen) atoms. The zero-order valence-electron chi connectivity index (χ0n) is 8.84. The molecule has 80 valence electrons. The fourth-order valence-corrected chi connectivity index (χ4v) is 1.28. The summed E-state index contributed by atoms with van der Waals surface area (Å²) in [6.45, 7) is 3.62. The standard InChI is InChI=1S/C11H14FN3/c1-3-9-4-5-10(8(2)11(9)12)15-14-7-6-13/h4-7,13,15H,3H2,1-2H3/b13-6?,14-7-. The molecule has 0 heterocycles. The van der Waals surface area contributed by atoms with E-state index in [1.165, 1.54) is 6.21 Å². The molecule has 0 aliphatic rings. The van der Waals surface area contributed by atoms with Crippen LogP contribution in [0.5, 0.6) is 0 Å². The maximum atomic E-state index is 13.6.